The lowest BCUT2D eigenvalue weighted by Crippen LogP contribution is -2.40. The number of esters is 1. The van der Waals surface area contributed by atoms with E-state index in [1.165, 1.54) is 6.42 Å². The lowest BCUT2D eigenvalue weighted by molar-refractivity contribution is -0.158. The lowest BCUT2D eigenvalue weighted by Gasteiger charge is -2.38. The zero-order chi connectivity index (χ0) is 23.6. The van der Waals surface area contributed by atoms with Crippen molar-refractivity contribution in [1.82, 2.24) is 0 Å². The average molecular weight is 445 g/mol. The Bertz CT molecular complexity index is 830. The van der Waals surface area contributed by atoms with Gasteiger partial charge < -0.3 is 18.9 Å². The Morgan fingerprint density at radius 2 is 1.56 bits per heavy atom. The lowest BCUT2D eigenvalue weighted by atomic mass is 9.75. The first-order valence-electron chi connectivity index (χ1n) is 12.0. The van der Waals surface area contributed by atoms with Gasteiger partial charge in [0.25, 0.3) is 0 Å². The molecule has 1 aromatic rings. The monoisotopic (exact) mass is 444 g/mol. The first-order chi connectivity index (χ1) is 15.3. The summed E-state index contributed by atoms with van der Waals surface area (Å²) in [6.07, 6.45) is 4.73. The number of methoxy groups -OCH3 is 3. The van der Waals surface area contributed by atoms with Gasteiger partial charge in [-0.15, -0.1) is 0 Å². The molecule has 0 heterocycles. The third kappa shape index (κ3) is 3.99. The molecule has 178 valence electrons. The van der Waals surface area contributed by atoms with Crippen molar-refractivity contribution in [2.45, 2.75) is 78.2 Å². The smallest absolute Gasteiger partial charge is 0.325 e. The van der Waals surface area contributed by atoms with Gasteiger partial charge in [-0.25, -0.2) is 0 Å². The third-order valence-corrected chi connectivity index (χ3v) is 7.53. The van der Waals surface area contributed by atoms with E-state index < -0.39 is 5.41 Å². The normalized spacial score (nSPS) is 24.3. The van der Waals surface area contributed by atoms with E-state index in [1.807, 2.05) is 12.1 Å². The van der Waals surface area contributed by atoms with Crippen LogP contribution in [0, 0.1) is 17.8 Å². The molecule has 0 amide bonds. The Morgan fingerprint density at radius 1 is 1.00 bits per heavy atom. The number of hydrogen-bond acceptors (Lipinski definition) is 5. The molecule has 0 spiro atoms. The van der Waals surface area contributed by atoms with Gasteiger partial charge >= 0.3 is 5.97 Å². The highest BCUT2D eigenvalue weighted by Gasteiger charge is 2.62. The molecular weight excluding hydrogens is 404 g/mol. The van der Waals surface area contributed by atoms with Gasteiger partial charge in [0, 0.05) is 12.1 Å². The molecule has 2 aliphatic carbocycles. The number of rotatable bonds is 9. The number of benzene rings is 1. The summed E-state index contributed by atoms with van der Waals surface area (Å²) in [5.74, 6) is 3.05. The van der Waals surface area contributed by atoms with Gasteiger partial charge in [0.1, 0.15) is 28.8 Å². The van der Waals surface area contributed by atoms with E-state index in [4.69, 9.17) is 18.9 Å². The summed E-state index contributed by atoms with van der Waals surface area (Å²) in [5.41, 5.74) is 2.08. The maximum absolute atomic E-state index is 14.1. The van der Waals surface area contributed by atoms with Crippen LogP contribution in [-0.2, 0) is 14.9 Å². The Labute approximate surface area is 193 Å². The second kappa shape index (κ2) is 9.76. The first-order valence-corrected chi connectivity index (χ1v) is 12.0. The second-order valence-corrected chi connectivity index (χ2v) is 9.59. The van der Waals surface area contributed by atoms with E-state index in [0.29, 0.717) is 35.0 Å². The summed E-state index contributed by atoms with van der Waals surface area (Å²) in [5, 5.41) is 0. The molecule has 5 heteroatoms. The minimum atomic E-state index is -0.908. The maximum atomic E-state index is 14.1. The van der Waals surface area contributed by atoms with Crippen LogP contribution < -0.4 is 14.2 Å². The Kier molecular flexibility index (Phi) is 7.46. The van der Waals surface area contributed by atoms with Crippen molar-refractivity contribution in [2.24, 2.45) is 17.8 Å². The van der Waals surface area contributed by atoms with Gasteiger partial charge in [-0.1, -0.05) is 41.0 Å². The summed E-state index contributed by atoms with van der Waals surface area (Å²) in [4.78, 5) is 14.1. The third-order valence-electron chi connectivity index (χ3n) is 7.53. The van der Waals surface area contributed by atoms with Crippen LogP contribution in [0.2, 0.25) is 0 Å². The van der Waals surface area contributed by atoms with E-state index in [2.05, 4.69) is 34.6 Å². The van der Waals surface area contributed by atoms with Gasteiger partial charge in [-0.3, -0.25) is 4.79 Å². The highest BCUT2D eigenvalue weighted by Crippen LogP contribution is 2.63. The molecule has 0 aromatic heterocycles. The molecule has 1 aromatic carbocycles. The van der Waals surface area contributed by atoms with Crippen LogP contribution >= 0.6 is 0 Å². The molecule has 3 rings (SSSR count). The van der Waals surface area contributed by atoms with Crippen LogP contribution in [0.3, 0.4) is 0 Å². The molecular formula is C27H40O5. The minimum absolute atomic E-state index is 0.0600. The summed E-state index contributed by atoms with van der Waals surface area (Å²) in [6.45, 7) is 10.9. The average Bonchev–Trinajstić information content (AvgIpc) is 3.46. The van der Waals surface area contributed by atoms with Gasteiger partial charge in [-0.05, 0) is 54.6 Å². The Morgan fingerprint density at radius 3 is 2.00 bits per heavy atom. The fourth-order valence-electron chi connectivity index (χ4n) is 5.85. The predicted octanol–water partition coefficient (Wildman–Crippen LogP) is 6.08. The van der Waals surface area contributed by atoms with Crippen molar-refractivity contribution in [3.8, 4) is 17.2 Å². The van der Waals surface area contributed by atoms with E-state index >= 15 is 0 Å². The van der Waals surface area contributed by atoms with Crippen LogP contribution in [-0.4, -0.2) is 33.4 Å². The molecule has 0 saturated heterocycles. The molecule has 1 fully saturated rings. The van der Waals surface area contributed by atoms with Crippen LogP contribution in [0.1, 0.15) is 72.3 Å². The zero-order valence-electron chi connectivity index (χ0n) is 21.0. The first kappa shape index (κ1) is 24.5. The molecule has 2 aliphatic rings. The topological polar surface area (TPSA) is 54.0 Å². The van der Waals surface area contributed by atoms with E-state index in [9.17, 15) is 4.79 Å². The number of carbonyl (C=O) groups excluding carboxylic acids is 1. The quantitative estimate of drug-likeness (QED) is 0.341. The molecule has 0 unspecified atom stereocenters. The van der Waals surface area contributed by atoms with E-state index in [-0.39, 0.29) is 12.1 Å². The Balaban J connectivity index is 2.08. The number of carbonyl (C=O) groups is 1. The zero-order valence-corrected chi connectivity index (χ0v) is 21.0. The van der Waals surface area contributed by atoms with Crippen LogP contribution in [0.4, 0.5) is 0 Å². The fourth-order valence-corrected chi connectivity index (χ4v) is 5.85. The summed E-state index contributed by atoms with van der Waals surface area (Å²) in [7, 11) is 4.85. The summed E-state index contributed by atoms with van der Waals surface area (Å²) < 4.78 is 23.4. The fraction of sp³-hybridized carbons (Fsp3) is 0.667. The van der Waals surface area contributed by atoms with Crippen LogP contribution in [0.5, 0.6) is 17.2 Å². The summed E-state index contributed by atoms with van der Waals surface area (Å²) >= 11 is 0. The van der Waals surface area contributed by atoms with Crippen molar-refractivity contribution < 1.29 is 23.7 Å². The van der Waals surface area contributed by atoms with Crippen molar-refractivity contribution >= 4 is 5.97 Å². The standard InChI is InChI=1S/C27H40O5/c1-9-20-21(10-2)27(20,25-23(30-7)14-18(29-6)15-24(25)31-8)26(28)32-22-13-17(5)11-12-19(22)16(3)4/h14-17,19,22H,9-13H2,1-8H3/t17-,19+,22-/m1/s1. The van der Waals surface area contributed by atoms with E-state index in [0.717, 1.165) is 42.4 Å². The minimum Gasteiger partial charge on any atom is -0.496 e. The van der Waals surface area contributed by atoms with Crippen LogP contribution in [0.15, 0.2) is 23.3 Å². The van der Waals surface area contributed by atoms with Gasteiger partial charge in [0.2, 0.25) is 0 Å². The SMILES string of the molecule is CCC1=C(CC)C1(C(=O)O[C@@H]1C[C@H](C)CC[C@H]1C(C)C)c1c(OC)cc(OC)cc1OC. The van der Waals surface area contributed by atoms with Crippen molar-refractivity contribution in [3.63, 3.8) is 0 Å². The predicted molar refractivity (Wildman–Crippen MR) is 127 cm³/mol. The molecule has 0 N–H and O–H groups in total. The number of hydrogen-bond donors (Lipinski definition) is 0. The van der Waals surface area contributed by atoms with Crippen LogP contribution in [0.25, 0.3) is 0 Å². The highest BCUT2D eigenvalue weighted by atomic mass is 16.5. The van der Waals surface area contributed by atoms with Crippen molar-refractivity contribution in [1.29, 1.82) is 0 Å². The van der Waals surface area contributed by atoms with Crippen molar-refractivity contribution in [3.05, 3.63) is 28.8 Å². The molecule has 0 aliphatic heterocycles. The molecule has 5 nitrogen and oxygen atoms in total. The second-order valence-electron chi connectivity index (χ2n) is 9.59. The van der Waals surface area contributed by atoms with Crippen molar-refractivity contribution in [2.75, 3.05) is 21.3 Å². The molecule has 0 radical (unpaired) electrons. The Hall–Kier alpha value is -2.17. The van der Waals surface area contributed by atoms with Gasteiger partial charge in [0.05, 0.1) is 26.9 Å². The van der Waals surface area contributed by atoms with Gasteiger partial charge in [-0.2, -0.15) is 0 Å². The highest BCUT2D eigenvalue weighted by molar-refractivity contribution is 6.01. The maximum Gasteiger partial charge on any atom is 0.325 e. The summed E-state index contributed by atoms with van der Waals surface area (Å²) in [6, 6.07) is 3.65. The van der Waals surface area contributed by atoms with E-state index in [1.54, 1.807) is 21.3 Å². The molecule has 3 atom stereocenters. The molecule has 0 bridgehead atoms. The van der Waals surface area contributed by atoms with Gasteiger partial charge in [0.15, 0.2) is 0 Å². The largest absolute Gasteiger partial charge is 0.496 e. The number of ether oxygens (including phenoxy) is 4. The molecule has 1 saturated carbocycles. The molecule has 32 heavy (non-hydrogen) atoms.